The molecule has 0 aliphatic rings. The largest absolute Gasteiger partial charge is 0.399 e. The minimum absolute atomic E-state index is 0.125. The van der Waals surface area contributed by atoms with Gasteiger partial charge < -0.3 is 10.8 Å². The third kappa shape index (κ3) is 5.12. The first kappa shape index (κ1) is 8.98. The summed E-state index contributed by atoms with van der Waals surface area (Å²) in [5, 5.41) is 8.45. The monoisotopic (exact) mass is 139 g/mol. The summed E-state index contributed by atoms with van der Waals surface area (Å²) in [5.74, 6) is 0. The molecule has 0 saturated heterocycles. The van der Waals surface area contributed by atoms with Gasteiger partial charge in [-0.15, -0.1) is 0 Å². The van der Waals surface area contributed by atoms with Crippen molar-refractivity contribution < 1.29 is 5.11 Å². The lowest BCUT2D eigenvalue weighted by atomic mass is 10.2. The number of allylic oxidation sites excluding steroid dienone is 2. The first-order valence-corrected chi connectivity index (χ1v) is 3.08. The van der Waals surface area contributed by atoms with Crippen LogP contribution in [0.4, 0.5) is 0 Å². The molecular weight excluding hydrogens is 126 g/mol. The Morgan fingerprint density at radius 2 is 2.00 bits per heavy atom. The number of hydrogen-bond donors (Lipinski definition) is 2. The predicted molar refractivity (Wildman–Crippen MR) is 43.3 cm³/mol. The Kier molecular flexibility index (Phi) is 4.33. The predicted octanol–water partition coefficient (Wildman–Crippen LogP) is 0.954. The maximum absolute atomic E-state index is 8.45. The Balaban J connectivity index is 3.67. The van der Waals surface area contributed by atoms with Crippen LogP contribution in [-0.2, 0) is 0 Å². The summed E-state index contributed by atoms with van der Waals surface area (Å²) in [6.07, 6.45) is 4.00. The van der Waals surface area contributed by atoms with E-state index in [4.69, 9.17) is 10.8 Å². The highest BCUT2D eigenvalue weighted by molar-refractivity contribution is 5.22. The van der Waals surface area contributed by atoms with E-state index in [1.165, 1.54) is 0 Å². The maximum Gasteiger partial charge on any atom is 0.0471 e. The number of rotatable bonds is 4. The van der Waals surface area contributed by atoms with Gasteiger partial charge in [0.2, 0.25) is 0 Å². The van der Waals surface area contributed by atoms with Gasteiger partial charge in [-0.3, -0.25) is 0 Å². The second-order valence-corrected chi connectivity index (χ2v) is 2.04. The second kappa shape index (κ2) is 4.82. The van der Waals surface area contributed by atoms with Gasteiger partial charge in [-0.2, -0.15) is 0 Å². The van der Waals surface area contributed by atoms with Gasteiger partial charge in [0.15, 0.2) is 0 Å². The highest BCUT2D eigenvalue weighted by Crippen LogP contribution is 1.98. The lowest BCUT2D eigenvalue weighted by molar-refractivity contribution is 0.300. The molecule has 0 bridgehead atoms. The fraction of sp³-hybridized carbons (Fsp3) is 0.250. The van der Waals surface area contributed by atoms with E-state index in [9.17, 15) is 0 Å². The fourth-order valence-corrected chi connectivity index (χ4v) is 0.452. The van der Waals surface area contributed by atoms with Crippen molar-refractivity contribution in [3.8, 4) is 0 Å². The van der Waals surface area contributed by atoms with E-state index in [2.05, 4.69) is 13.2 Å². The van der Waals surface area contributed by atoms with E-state index in [0.29, 0.717) is 12.1 Å². The first-order chi connectivity index (χ1) is 4.66. The van der Waals surface area contributed by atoms with E-state index in [1.54, 1.807) is 12.2 Å². The van der Waals surface area contributed by atoms with E-state index >= 15 is 0 Å². The van der Waals surface area contributed by atoms with Gasteiger partial charge in [-0.25, -0.2) is 0 Å². The minimum atomic E-state index is 0.125. The molecule has 0 heterocycles. The summed E-state index contributed by atoms with van der Waals surface area (Å²) in [7, 11) is 0. The standard InChI is InChI=1S/C8H13NO/c1-7(5-6-10)3-4-8(2)9/h3-4,10H,1-2,5-6,9H2/b4-3-. The Labute approximate surface area is 61.4 Å². The smallest absolute Gasteiger partial charge is 0.0471 e. The molecule has 0 amide bonds. The normalized spacial score (nSPS) is 10.1. The third-order valence-electron chi connectivity index (χ3n) is 0.966. The number of aliphatic hydroxyl groups is 1. The molecule has 0 aliphatic carbocycles. The van der Waals surface area contributed by atoms with Crippen molar-refractivity contribution in [2.45, 2.75) is 6.42 Å². The third-order valence-corrected chi connectivity index (χ3v) is 0.966. The van der Waals surface area contributed by atoms with Gasteiger partial charge in [0.1, 0.15) is 0 Å². The first-order valence-electron chi connectivity index (χ1n) is 3.08. The molecule has 0 unspecified atom stereocenters. The van der Waals surface area contributed by atoms with Crippen molar-refractivity contribution in [3.05, 3.63) is 36.6 Å². The van der Waals surface area contributed by atoms with Crippen molar-refractivity contribution in [1.82, 2.24) is 0 Å². The quantitative estimate of drug-likeness (QED) is 0.570. The topological polar surface area (TPSA) is 46.2 Å². The van der Waals surface area contributed by atoms with Crippen molar-refractivity contribution >= 4 is 0 Å². The SMILES string of the molecule is C=C(N)/C=C\C(=C)CCO. The Bertz CT molecular complexity index is 159. The molecule has 10 heavy (non-hydrogen) atoms. The van der Waals surface area contributed by atoms with E-state index in [1.807, 2.05) is 0 Å². The molecule has 0 fully saturated rings. The van der Waals surface area contributed by atoms with Gasteiger partial charge in [0, 0.05) is 12.3 Å². The molecule has 0 rings (SSSR count). The molecule has 0 saturated carbocycles. The van der Waals surface area contributed by atoms with Gasteiger partial charge in [0.25, 0.3) is 0 Å². The fourth-order valence-electron chi connectivity index (χ4n) is 0.452. The molecule has 0 aromatic carbocycles. The zero-order chi connectivity index (χ0) is 7.98. The van der Waals surface area contributed by atoms with Gasteiger partial charge in [-0.05, 0) is 12.5 Å². The molecule has 0 atom stereocenters. The summed E-state index contributed by atoms with van der Waals surface area (Å²) < 4.78 is 0. The van der Waals surface area contributed by atoms with Crippen molar-refractivity contribution in [2.24, 2.45) is 5.73 Å². The molecule has 3 N–H and O–H groups in total. The van der Waals surface area contributed by atoms with Crippen LogP contribution in [0, 0.1) is 0 Å². The highest BCUT2D eigenvalue weighted by atomic mass is 16.2. The molecule has 2 nitrogen and oxygen atoms in total. The van der Waals surface area contributed by atoms with Crippen molar-refractivity contribution in [2.75, 3.05) is 6.61 Å². The van der Waals surface area contributed by atoms with Crippen molar-refractivity contribution in [3.63, 3.8) is 0 Å². The molecule has 0 radical (unpaired) electrons. The molecule has 0 aromatic heterocycles. The summed E-state index contributed by atoms with van der Waals surface area (Å²) in [6.45, 7) is 7.27. The number of nitrogens with two attached hydrogens (primary N) is 1. The van der Waals surface area contributed by atoms with E-state index in [0.717, 1.165) is 5.57 Å². The van der Waals surface area contributed by atoms with Gasteiger partial charge in [0.05, 0.1) is 0 Å². The van der Waals surface area contributed by atoms with Crippen LogP contribution in [0.15, 0.2) is 36.6 Å². The van der Waals surface area contributed by atoms with Crippen LogP contribution in [0.3, 0.4) is 0 Å². The van der Waals surface area contributed by atoms with Crippen LogP contribution in [0.5, 0.6) is 0 Å². The zero-order valence-corrected chi connectivity index (χ0v) is 6.01. The van der Waals surface area contributed by atoms with Crippen molar-refractivity contribution in [1.29, 1.82) is 0 Å². The van der Waals surface area contributed by atoms with Crippen LogP contribution in [0.1, 0.15) is 6.42 Å². The molecule has 0 aromatic rings. The van der Waals surface area contributed by atoms with Crippen LogP contribution in [0.2, 0.25) is 0 Å². The van der Waals surface area contributed by atoms with E-state index < -0.39 is 0 Å². The molecule has 56 valence electrons. The van der Waals surface area contributed by atoms with Crippen LogP contribution >= 0.6 is 0 Å². The summed E-state index contributed by atoms with van der Waals surface area (Å²) in [5.41, 5.74) is 6.61. The highest BCUT2D eigenvalue weighted by Gasteiger charge is 1.84. The average Bonchev–Trinajstić information content (AvgIpc) is 1.85. The number of hydrogen-bond acceptors (Lipinski definition) is 2. The maximum atomic E-state index is 8.45. The second-order valence-electron chi connectivity index (χ2n) is 2.04. The van der Waals surface area contributed by atoms with Crippen LogP contribution in [0.25, 0.3) is 0 Å². The lowest BCUT2D eigenvalue weighted by Gasteiger charge is -1.93. The van der Waals surface area contributed by atoms with Crippen LogP contribution < -0.4 is 5.73 Å². The summed E-state index contributed by atoms with van der Waals surface area (Å²) in [4.78, 5) is 0. The Hall–Kier alpha value is -1.02. The average molecular weight is 139 g/mol. The molecular formula is C8H13NO. The number of aliphatic hydroxyl groups excluding tert-OH is 1. The summed E-state index contributed by atoms with van der Waals surface area (Å²) in [6, 6.07) is 0. The van der Waals surface area contributed by atoms with Gasteiger partial charge >= 0.3 is 0 Å². The zero-order valence-electron chi connectivity index (χ0n) is 6.01. The molecule has 0 aliphatic heterocycles. The molecule has 2 heteroatoms. The minimum Gasteiger partial charge on any atom is -0.399 e. The lowest BCUT2D eigenvalue weighted by Crippen LogP contribution is -1.89. The van der Waals surface area contributed by atoms with E-state index in [-0.39, 0.29) is 6.61 Å². The van der Waals surface area contributed by atoms with Crippen LogP contribution in [-0.4, -0.2) is 11.7 Å². The summed E-state index contributed by atoms with van der Waals surface area (Å²) >= 11 is 0. The Morgan fingerprint density at radius 1 is 1.40 bits per heavy atom. The van der Waals surface area contributed by atoms with Gasteiger partial charge in [-0.1, -0.05) is 24.8 Å². The Morgan fingerprint density at radius 3 is 2.40 bits per heavy atom. The molecule has 0 spiro atoms.